The summed E-state index contributed by atoms with van der Waals surface area (Å²) in [6, 6.07) is 7.57. The Balaban J connectivity index is 2.09. The highest BCUT2D eigenvalue weighted by Gasteiger charge is 2.11. The zero-order valence-corrected chi connectivity index (χ0v) is 12.7. The van der Waals surface area contributed by atoms with Crippen LogP contribution in [0.3, 0.4) is 0 Å². The van der Waals surface area contributed by atoms with E-state index in [1.807, 2.05) is 19.1 Å². The third-order valence-corrected chi connectivity index (χ3v) is 3.82. The summed E-state index contributed by atoms with van der Waals surface area (Å²) in [5.74, 6) is 0.761. The number of ether oxygens (including phenoxy) is 2. The van der Waals surface area contributed by atoms with Crippen molar-refractivity contribution in [1.82, 2.24) is 4.98 Å². The van der Waals surface area contributed by atoms with Crippen LogP contribution in [0.15, 0.2) is 18.2 Å². The SMILES string of the molecule is COCc1nc(COc2ccc(Cl)cc2C)sc1C#N. The van der Waals surface area contributed by atoms with Crippen molar-refractivity contribution < 1.29 is 9.47 Å². The highest BCUT2D eigenvalue weighted by molar-refractivity contribution is 7.12. The van der Waals surface area contributed by atoms with E-state index in [-0.39, 0.29) is 0 Å². The van der Waals surface area contributed by atoms with Gasteiger partial charge in [0.1, 0.15) is 28.3 Å². The molecule has 0 aliphatic rings. The predicted octanol–water partition coefficient (Wildman–Crippen LogP) is 3.70. The molecule has 0 bridgehead atoms. The van der Waals surface area contributed by atoms with Crippen molar-refractivity contribution in [3.8, 4) is 11.8 Å². The number of rotatable bonds is 5. The molecule has 20 heavy (non-hydrogen) atoms. The molecule has 1 heterocycles. The van der Waals surface area contributed by atoms with Gasteiger partial charge in [0.2, 0.25) is 0 Å². The summed E-state index contributed by atoms with van der Waals surface area (Å²) in [7, 11) is 1.58. The lowest BCUT2D eigenvalue weighted by molar-refractivity contribution is 0.181. The standard InChI is InChI=1S/C14H13ClN2O2S/c1-9-5-10(15)3-4-12(9)19-8-14-17-11(7-18-2)13(6-16)20-14/h3-5H,7-8H2,1-2H3. The number of hydrogen-bond acceptors (Lipinski definition) is 5. The molecule has 0 radical (unpaired) electrons. The number of benzene rings is 1. The topological polar surface area (TPSA) is 55.1 Å². The van der Waals surface area contributed by atoms with Crippen LogP contribution in [0, 0.1) is 18.3 Å². The Morgan fingerprint density at radius 3 is 2.85 bits per heavy atom. The first-order valence-electron chi connectivity index (χ1n) is 5.90. The fourth-order valence-corrected chi connectivity index (χ4v) is 2.70. The first-order chi connectivity index (χ1) is 9.63. The van der Waals surface area contributed by atoms with Gasteiger partial charge in [0.15, 0.2) is 0 Å². The van der Waals surface area contributed by atoms with Crippen molar-refractivity contribution >= 4 is 22.9 Å². The van der Waals surface area contributed by atoms with Crippen LogP contribution in [0.25, 0.3) is 0 Å². The number of nitrogens with zero attached hydrogens (tertiary/aromatic N) is 2. The number of nitriles is 1. The lowest BCUT2D eigenvalue weighted by Gasteiger charge is -2.07. The van der Waals surface area contributed by atoms with Crippen molar-refractivity contribution in [3.05, 3.63) is 44.4 Å². The number of halogens is 1. The Labute approximate surface area is 126 Å². The van der Waals surface area contributed by atoms with E-state index in [9.17, 15) is 0 Å². The zero-order chi connectivity index (χ0) is 14.5. The fraction of sp³-hybridized carbons (Fsp3) is 0.286. The molecule has 4 nitrogen and oxygen atoms in total. The smallest absolute Gasteiger partial charge is 0.140 e. The lowest BCUT2D eigenvalue weighted by atomic mass is 10.2. The predicted molar refractivity (Wildman–Crippen MR) is 78.1 cm³/mol. The second-order valence-corrected chi connectivity index (χ2v) is 5.65. The summed E-state index contributed by atoms with van der Waals surface area (Å²) in [6.45, 7) is 2.59. The maximum Gasteiger partial charge on any atom is 0.140 e. The van der Waals surface area contributed by atoms with Crippen LogP contribution in [0.4, 0.5) is 0 Å². The maximum atomic E-state index is 9.03. The summed E-state index contributed by atoms with van der Waals surface area (Å²) >= 11 is 7.22. The molecule has 0 fully saturated rings. The Kier molecular flexibility index (Phi) is 4.96. The molecule has 1 aromatic carbocycles. The average molecular weight is 309 g/mol. The van der Waals surface area contributed by atoms with E-state index in [1.165, 1.54) is 11.3 Å². The molecule has 104 valence electrons. The first-order valence-corrected chi connectivity index (χ1v) is 7.10. The van der Waals surface area contributed by atoms with Crippen LogP contribution in [-0.4, -0.2) is 12.1 Å². The largest absolute Gasteiger partial charge is 0.486 e. The van der Waals surface area contributed by atoms with Gasteiger partial charge in [0.05, 0.1) is 12.3 Å². The molecule has 0 unspecified atom stereocenters. The van der Waals surface area contributed by atoms with Crippen molar-refractivity contribution in [2.45, 2.75) is 20.1 Å². The van der Waals surface area contributed by atoms with Crippen LogP contribution in [0.5, 0.6) is 5.75 Å². The van der Waals surface area contributed by atoms with E-state index < -0.39 is 0 Å². The van der Waals surface area contributed by atoms with Crippen LogP contribution in [0.1, 0.15) is 21.1 Å². The summed E-state index contributed by atoms with van der Waals surface area (Å²) in [4.78, 5) is 4.92. The molecule has 0 spiro atoms. The van der Waals surface area contributed by atoms with E-state index in [0.717, 1.165) is 16.3 Å². The summed E-state index contributed by atoms with van der Waals surface area (Å²) in [6.07, 6.45) is 0. The number of aromatic nitrogens is 1. The van der Waals surface area contributed by atoms with Crippen LogP contribution >= 0.6 is 22.9 Å². The average Bonchev–Trinajstić information content (AvgIpc) is 2.80. The quantitative estimate of drug-likeness (QED) is 0.845. The minimum atomic E-state index is 0.325. The Morgan fingerprint density at radius 1 is 1.40 bits per heavy atom. The molecule has 0 saturated heterocycles. The minimum Gasteiger partial charge on any atom is -0.486 e. The highest BCUT2D eigenvalue weighted by atomic mass is 35.5. The van der Waals surface area contributed by atoms with Gasteiger partial charge in [-0.2, -0.15) is 5.26 Å². The van der Waals surface area contributed by atoms with Crippen LogP contribution in [0.2, 0.25) is 5.02 Å². The van der Waals surface area contributed by atoms with E-state index in [0.29, 0.717) is 28.8 Å². The maximum absolute atomic E-state index is 9.03. The van der Waals surface area contributed by atoms with Gasteiger partial charge in [0.25, 0.3) is 0 Å². The van der Waals surface area contributed by atoms with Crippen LogP contribution < -0.4 is 4.74 Å². The highest BCUT2D eigenvalue weighted by Crippen LogP contribution is 2.24. The second-order valence-electron chi connectivity index (χ2n) is 4.13. The molecular formula is C14H13ClN2O2S. The number of hydrogen-bond donors (Lipinski definition) is 0. The summed E-state index contributed by atoms with van der Waals surface area (Å²) < 4.78 is 10.7. The van der Waals surface area contributed by atoms with E-state index in [4.69, 9.17) is 26.3 Å². The van der Waals surface area contributed by atoms with E-state index in [2.05, 4.69) is 11.1 Å². The normalized spacial score (nSPS) is 10.3. The fourth-order valence-electron chi connectivity index (χ4n) is 1.70. The van der Waals surface area contributed by atoms with Gasteiger partial charge >= 0.3 is 0 Å². The summed E-state index contributed by atoms with van der Waals surface area (Å²) in [5, 5.41) is 10.5. The van der Waals surface area contributed by atoms with E-state index >= 15 is 0 Å². The molecule has 0 atom stereocenters. The monoisotopic (exact) mass is 308 g/mol. The first kappa shape index (κ1) is 14.8. The van der Waals surface area contributed by atoms with Crippen LogP contribution in [-0.2, 0) is 18.0 Å². The van der Waals surface area contributed by atoms with Crippen molar-refractivity contribution in [2.75, 3.05) is 7.11 Å². The zero-order valence-electron chi connectivity index (χ0n) is 11.1. The Bertz CT molecular complexity index is 649. The van der Waals surface area contributed by atoms with Gasteiger partial charge in [-0.25, -0.2) is 4.98 Å². The summed E-state index contributed by atoms with van der Waals surface area (Å²) in [5.41, 5.74) is 1.62. The van der Waals surface area contributed by atoms with Crippen molar-refractivity contribution in [3.63, 3.8) is 0 Å². The third kappa shape index (κ3) is 3.48. The van der Waals surface area contributed by atoms with Gasteiger partial charge in [-0.05, 0) is 30.7 Å². The molecule has 2 rings (SSSR count). The van der Waals surface area contributed by atoms with Gasteiger partial charge < -0.3 is 9.47 Å². The molecular weight excluding hydrogens is 296 g/mol. The van der Waals surface area contributed by atoms with E-state index in [1.54, 1.807) is 13.2 Å². The Hall–Kier alpha value is -1.61. The molecule has 1 aromatic heterocycles. The third-order valence-electron chi connectivity index (χ3n) is 2.61. The molecule has 0 aliphatic heterocycles. The molecule has 0 saturated carbocycles. The molecule has 0 N–H and O–H groups in total. The van der Waals surface area contributed by atoms with Gasteiger partial charge in [-0.3, -0.25) is 0 Å². The van der Waals surface area contributed by atoms with Crippen molar-refractivity contribution in [2.24, 2.45) is 0 Å². The second kappa shape index (κ2) is 6.71. The minimum absolute atomic E-state index is 0.325. The van der Waals surface area contributed by atoms with Gasteiger partial charge in [-0.15, -0.1) is 11.3 Å². The number of methoxy groups -OCH3 is 1. The Morgan fingerprint density at radius 2 is 2.20 bits per heavy atom. The molecule has 2 aromatic rings. The molecule has 0 aliphatic carbocycles. The molecule has 6 heteroatoms. The number of aryl methyl sites for hydroxylation is 1. The lowest BCUT2D eigenvalue weighted by Crippen LogP contribution is -1.97. The van der Waals surface area contributed by atoms with Crippen molar-refractivity contribution in [1.29, 1.82) is 5.26 Å². The molecule has 0 amide bonds. The number of thiazole rings is 1. The van der Waals surface area contributed by atoms with Gasteiger partial charge in [-0.1, -0.05) is 11.6 Å². The van der Waals surface area contributed by atoms with Gasteiger partial charge in [0, 0.05) is 12.1 Å².